The van der Waals surface area contributed by atoms with Crippen LogP contribution in [-0.2, 0) is 5.41 Å². The fourth-order valence-corrected chi connectivity index (χ4v) is 1.59. The van der Waals surface area contributed by atoms with Gasteiger partial charge in [0.25, 0.3) is 0 Å². The van der Waals surface area contributed by atoms with Gasteiger partial charge >= 0.3 is 0 Å². The molecule has 0 unspecified atom stereocenters. The summed E-state index contributed by atoms with van der Waals surface area (Å²) in [5, 5.41) is 0.816. The number of nitrogens with zero attached hydrogens (tertiary/aromatic N) is 1. The molecule has 2 aromatic rings. The highest BCUT2D eigenvalue weighted by molar-refractivity contribution is 5.79. The van der Waals surface area contributed by atoms with E-state index in [9.17, 15) is 4.39 Å². The smallest absolute Gasteiger partial charge is 0.149 e. The van der Waals surface area contributed by atoms with Gasteiger partial charge < -0.3 is 5.73 Å². The van der Waals surface area contributed by atoms with Crippen molar-refractivity contribution in [1.82, 2.24) is 4.98 Å². The Labute approximate surface area is 94.3 Å². The highest BCUT2D eigenvalue weighted by Crippen LogP contribution is 2.23. The lowest BCUT2D eigenvalue weighted by Crippen LogP contribution is -2.29. The molecule has 0 bridgehead atoms. The van der Waals surface area contributed by atoms with E-state index < -0.39 is 0 Å². The summed E-state index contributed by atoms with van der Waals surface area (Å²) >= 11 is 0. The Morgan fingerprint density at radius 3 is 2.69 bits per heavy atom. The van der Waals surface area contributed by atoms with Gasteiger partial charge in [-0.3, -0.25) is 0 Å². The SMILES string of the molecule is CC(C)(CN)c1ccc2cccc(F)c2n1. The number of nitrogens with two attached hydrogens (primary N) is 1. The minimum absolute atomic E-state index is 0.226. The first-order valence-electron chi connectivity index (χ1n) is 5.30. The van der Waals surface area contributed by atoms with Crippen molar-refractivity contribution in [2.24, 2.45) is 5.73 Å². The van der Waals surface area contributed by atoms with Crippen molar-refractivity contribution in [2.75, 3.05) is 6.54 Å². The first kappa shape index (κ1) is 11.0. The second kappa shape index (κ2) is 3.83. The fraction of sp³-hybridized carbons (Fsp3) is 0.308. The first-order valence-corrected chi connectivity index (χ1v) is 5.30. The van der Waals surface area contributed by atoms with Crippen molar-refractivity contribution in [1.29, 1.82) is 0 Å². The number of hydrogen-bond acceptors (Lipinski definition) is 2. The van der Waals surface area contributed by atoms with E-state index in [1.165, 1.54) is 6.07 Å². The number of hydrogen-bond donors (Lipinski definition) is 1. The van der Waals surface area contributed by atoms with E-state index in [-0.39, 0.29) is 11.2 Å². The zero-order valence-corrected chi connectivity index (χ0v) is 9.50. The molecular weight excluding hydrogens is 203 g/mol. The fourth-order valence-electron chi connectivity index (χ4n) is 1.59. The van der Waals surface area contributed by atoms with Crippen molar-refractivity contribution in [3.8, 4) is 0 Å². The van der Waals surface area contributed by atoms with Crippen LogP contribution in [0.15, 0.2) is 30.3 Å². The summed E-state index contributed by atoms with van der Waals surface area (Å²) in [7, 11) is 0. The van der Waals surface area contributed by atoms with Crippen molar-refractivity contribution in [2.45, 2.75) is 19.3 Å². The summed E-state index contributed by atoms with van der Waals surface area (Å²) in [4.78, 5) is 4.36. The van der Waals surface area contributed by atoms with Crippen LogP contribution in [0.4, 0.5) is 4.39 Å². The van der Waals surface area contributed by atoms with Gasteiger partial charge in [-0.1, -0.05) is 32.0 Å². The largest absolute Gasteiger partial charge is 0.330 e. The van der Waals surface area contributed by atoms with Crippen molar-refractivity contribution >= 4 is 10.9 Å². The van der Waals surface area contributed by atoms with Crippen LogP contribution in [0.25, 0.3) is 10.9 Å². The summed E-state index contributed by atoms with van der Waals surface area (Å²) < 4.78 is 13.6. The quantitative estimate of drug-likeness (QED) is 0.841. The van der Waals surface area contributed by atoms with Crippen LogP contribution < -0.4 is 5.73 Å². The summed E-state index contributed by atoms with van der Waals surface area (Å²) in [5.41, 5.74) is 6.71. The number of rotatable bonds is 2. The van der Waals surface area contributed by atoms with Gasteiger partial charge in [-0.2, -0.15) is 0 Å². The predicted octanol–water partition coefficient (Wildman–Crippen LogP) is 2.61. The molecule has 0 aliphatic carbocycles. The highest BCUT2D eigenvalue weighted by Gasteiger charge is 2.20. The lowest BCUT2D eigenvalue weighted by molar-refractivity contribution is 0.522. The average molecular weight is 218 g/mol. The van der Waals surface area contributed by atoms with Crippen LogP contribution in [0.1, 0.15) is 19.5 Å². The van der Waals surface area contributed by atoms with Gasteiger partial charge in [-0.15, -0.1) is 0 Å². The van der Waals surface area contributed by atoms with Gasteiger partial charge in [0.2, 0.25) is 0 Å². The third-order valence-electron chi connectivity index (χ3n) is 2.87. The first-order chi connectivity index (χ1) is 7.54. The summed E-state index contributed by atoms with van der Waals surface area (Å²) in [6, 6.07) is 8.76. The number of para-hydroxylation sites is 1. The molecule has 0 radical (unpaired) electrons. The zero-order chi connectivity index (χ0) is 11.8. The summed E-state index contributed by atoms with van der Waals surface area (Å²) in [6.45, 7) is 4.49. The van der Waals surface area contributed by atoms with Crippen LogP contribution in [0.5, 0.6) is 0 Å². The topological polar surface area (TPSA) is 38.9 Å². The molecule has 3 heteroatoms. The van der Waals surface area contributed by atoms with Crippen LogP contribution in [0.3, 0.4) is 0 Å². The number of aromatic nitrogens is 1. The standard InChI is InChI=1S/C13H15FN2/c1-13(2,8-15)11-7-6-9-4-3-5-10(14)12(9)16-11/h3-7H,8,15H2,1-2H3. The van der Waals surface area contributed by atoms with Gasteiger partial charge in [-0.25, -0.2) is 9.37 Å². The van der Waals surface area contributed by atoms with Crippen molar-refractivity contribution in [3.63, 3.8) is 0 Å². The Morgan fingerprint density at radius 1 is 1.25 bits per heavy atom. The molecule has 0 saturated carbocycles. The van der Waals surface area contributed by atoms with E-state index in [0.29, 0.717) is 12.1 Å². The van der Waals surface area contributed by atoms with E-state index in [4.69, 9.17) is 5.73 Å². The van der Waals surface area contributed by atoms with Gasteiger partial charge in [-0.05, 0) is 12.1 Å². The second-order valence-corrected chi connectivity index (χ2v) is 4.60. The maximum atomic E-state index is 13.6. The predicted molar refractivity (Wildman–Crippen MR) is 63.8 cm³/mol. The zero-order valence-electron chi connectivity index (χ0n) is 9.50. The minimum Gasteiger partial charge on any atom is -0.330 e. The molecule has 84 valence electrons. The van der Waals surface area contributed by atoms with Gasteiger partial charge in [0.15, 0.2) is 0 Å². The van der Waals surface area contributed by atoms with Crippen molar-refractivity contribution < 1.29 is 4.39 Å². The Morgan fingerprint density at radius 2 is 2.00 bits per heavy atom. The molecule has 0 fully saturated rings. The summed E-state index contributed by atoms with van der Waals surface area (Å²) in [5.74, 6) is -0.285. The number of halogens is 1. The van der Waals surface area contributed by atoms with E-state index in [1.54, 1.807) is 6.07 Å². The molecule has 0 spiro atoms. The monoisotopic (exact) mass is 218 g/mol. The Bertz CT molecular complexity index is 520. The third kappa shape index (κ3) is 1.78. The van der Waals surface area contributed by atoms with E-state index in [1.807, 2.05) is 32.0 Å². The van der Waals surface area contributed by atoms with E-state index in [0.717, 1.165) is 11.1 Å². The highest BCUT2D eigenvalue weighted by atomic mass is 19.1. The van der Waals surface area contributed by atoms with Gasteiger partial charge in [0.1, 0.15) is 11.3 Å². The molecule has 0 amide bonds. The Hall–Kier alpha value is -1.48. The molecular formula is C13H15FN2. The van der Waals surface area contributed by atoms with Crippen LogP contribution in [-0.4, -0.2) is 11.5 Å². The molecule has 1 heterocycles. The molecule has 0 aliphatic rings. The average Bonchev–Trinajstić information content (AvgIpc) is 2.29. The maximum absolute atomic E-state index is 13.6. The van der Waals surface area contributed by atoms with Crippen LogP contribution >= 0.6 is 0 Å². The minimum atomic E-state index is -0.285. The number of benzene rings is 1. The molecule has 0 atom stereocenters. The van der Waals surface area contributed by atoms with Crippen LogP contribution in [0.2, 0.25) is 0 Å². The molecule has 2 N–H and O–H groups in total. The normalized spacial score (nSPS) is 12.0. The molecule has 0 aliphatic heterocycles. The Balaban J connectivity index is 2.64. The molecule has 1 aromatic heterocycles. The lowest BCUT2D eigenvalue weighted by Gasteiger charge is -2.21. The molecule has 0 saturated heterocycles. The number of pyridine rings is 1. The lowest BCUT2D eigenvalue weighted by atomic mass is 9.89. The van der Waals surface area contributed by atoms with E-state index in [2.05, 4.69) is 4.98 Å². The van der Waals surface area contributed by atoms with Gasteiger partial charge in [0, 0.05) is 23.0 Å². The molecule has 16 heavy (non-hydrogen) atoms. The molecule has 2 nitrogen and oxygen atoms in total. The Kier molecular flexibility index (Phi) is 2.64. The third-order valence-corrected chi connectivity index (χ3v) is 2.87. The summed E-state index contributed by atoms with van der Waals surface area (Å²) in [6.07, 6.45) is 0. The number of fused-ring (bicyclic) bond motifs is 1. The maximum Gasteiger partial charge on any atom is 0.149 e. The second-order valence-electron chi connectivity index (χ2n) is 4.60. The van der Waals surface area contributed by atoms with Crippen molar-refractivity contribution in [3.05, 3.63) is 41.8 Å². The van der Waals surface area contributed by atoms with E-state index >= 15 is 0 Å². The van der Waals surface area contributed by atoms with Gasteiger partial charge in [0.05, 0.1) is 0 Å². The van der Waals surface area contributed by atoms with Crippen LogP contribution in [0, 0.1) is 5.82 Å². The molecule has 1 aromatic carbocycles. The molecule has 2 rings (SSSR count).